The SMILES string of the molecule is O=C([O-])CCC(F)(C(F)(F)F)C(F)(F)F.[Cr+3]. The van der Waals surface area contributed by atoms with Gasteiger partial charge in [-0.25, -0.2) is 4.39 Å². The van der Waals surface area contributed by atoms with Gasteiger partial charge in [0.25, 0.3) is 5.67 Å². The number of carboxylic acids is 1. The summed E-state index contributed by atoms with van der Waals surface area (Å²) < 4.78 is 83.1. The molecule has 10 heteroatoms. The monoisotopic (exact) mass is 293 g/mol. The second-order valence-electron chi connectivity index (χ2n) is 2.67. The fourth-order valence-corrected chi connectivity index (χ4v) is 0.718. The molecule has 0 aromatic heterocycles. The van der Waals surface area contributed by atoms with Crippen LogP contribution in [0.25, 0.3) is 0 Å². The minimum atomic E-state index is -6.21. The summed E-state index contributed by atoms with van der Waals surface area (Å²) in [5.74, 6) is -2.19. The molecule has 0 amide bonds. The van der Waals surface area contributed by atoms with Crippen LogP contribution in [0.5, 0.6) is 0 Å². The predicted octanol–water partition coefficient (Wildman–Crippen LogP) is 1.35. The van der Waals surface area contributed by atoms with Crippen molar-refractivity contribution in [2.45, 2.75) is 30.9 Å². The number of carbonyl (C=O) groups excluding carboxylic acids is 1. The summed E-state index contributed by atoms with van der Waals surface area (Å²) in [6, 6.07) is 0. The molecular weight excluding hydrogens is 289 g/mol. The van der Waals surface area contributed by atoms with E-state index < -0.39 is 36.8 Å². The minimum Gasteiger partial charge on any atom is -0.550 e. The zero-order valence-electron chi connectivity index (χ0n) is 7.28. The van der Waals surface area contributed by atoms with Crippen molar-refractivity contribution in [3.63, 3.8) is 0 Å². The summed E-state index contributed by atoms with van der Waals surface area (Å²) in [4.78, 5) is 9.69. The minimum absolute atomic E-state index is 0. The van der Waals surface area contributed by atoms with Crippen molar-refractivity contribution in [3.8, 4) is 0 Å². The van der Waals surface area contributed by atoms with E-state index in [2.05, 4.69) is 0 Å². The van der Waals surface area contributed by atoms with Crippen LogP contribution in [0.4, 0.5) is 30.7 Å². The summed E-state index contributed by atoms with van der Waals surface area (Å²) >= 11 is 0. The van der Waals surface area contributed by atoms with Crippen LogP contribution in [0.1, 0.15) is 12.8 Å². The van der Waals surface area contributed by atoms with Gasteiger partial charge in [-0.3, -0.25) is 0 Å². The van der Waals surface area contributed by atoms with Crippen molar-refractivity contribution in [1.82, 2.24) is 0 Å². The molecule has 0 fully saturated rings. The van der Waals surface area contributed by atoms with Gasteiger partial charge in [0.05, 0.1) is 0 Å². The molecule has 0 saturated carbocycles. The van der Waals surface area contributed by atoms with Crippen LogP contribution < -0.4 is 5.11 Å². The molecule has 0 aliphatic rings. The van der Waals surface area contributed by atoms with Gasteiger partial charge in [-0.05, 0) is 6.42 Å². The zero-order chi connectivity index (χ0) is 12.5. The van der Waals surface area contributed by atoms with Crippen molar-refractivity contribution in [3.05, 3.63) is 0 Å². The fraction of sp³-hybridized carbons (Fsp3) is 0.833. The Kier molecular flexibility index (Phi) is 5.85. The molecule has 0 atom stereocenters. The molecule has 0 aromatic rings. The number of carboxylic acid groups (broad SMARTS) is 1. The van der Waals surface area contributed by atoms with Crippen LogP contribution in [0.3, 0.4) is 0 Å². The molecule has 0 saturated heterocycles. The van der Waals surface area contributed by atoms with Crippen LogP contribution in [0.15, 0.2) is 0 Å². The van der Waals surface area contributed by atoms with Crippen LogP contribution in [0, 0.1) is 0 Å². The third-order valence-corrected chi connectivity index (χ3v) is 1.57. The quantitative estimate of drug-likeness (QED) is 0.737. The van der Waals surface area contributed by atoms with E-state index in [0.29, 0.717) is 0 Å². The maximum absolute atomic E-state index is 12.6. The molecule has 0 N–H and O–H groups in total. The van der Waals surface area contributed by atoms with Crippen molar-refractivity contribution >= 4 is 5.97 Å². The van der Waals surface area contributed by atoms with Gasteiger partial charge >= 0.3 is 29.7 Å². The van der Waals surface area contributed by atoms with Crippen molar-refractivity contribution in [1.29, 1.82) is 0 Å². The molecule has 0 unspecified atom stereocenters. The van der Waals surface area contributed by atoms with Crippen molar-refractivity contribution < 1.29 is 58.0 Å². The molecule has 0 aliphatic heterocycles. The Morgan fingerprint density at radius 1 is 0.938 bits per heavy atom. The van der Waals surface area contributed by atoms with Crippen LogP contribution in [0.2, 0.25) is 0 Å². The molecule has 0 bridgehead atoms. The number of halogens is 7. The second-order valence-corrected chi connectivity index (χ2v) is 2.67. The third kappa shape index (κ3) is 3.83. The van der Waals surface area contributed by atoms with Gasteiger partial charge in [0.15, 0.2) is 0 Å². The van der Waals surface area contributed by atoms with E-state index in [-0.39, 0.29) is 17.4 Å². The Hall–Kier alpha value is -0.488. The number of aliphatic carboxylic acids is 1. The Morgan fingerprint density at radius 2 is 1.25 bits per heavy atom. The summed E-state index contributed by atoms with van der Waals surface area (Å²) in [5, 5.41) is 9.69. The summed E-state index contributed by atoms with van der Waals surface area (Å²) in [7, 11) is 0. The molecule has 0 spiro atoms. The Labute approximate surface area is 95.6 Å². The first-order valence-electron chi connectivity index (χ1n) is 3.44. The summed E-state index contributed by atoms with van der Waals surface area (Å²) in [6.07, 6.45) is -16.3. The number of hydrogen-bond donors (Lipinski definition) is 0. The van der Waals surface area contributed by atoms with Gasteiger partial charge in [-0.2, -0.15) is 26.3 Å². The van der Waals surface area contributed by atoms with Gasteiger partial charge in [-0.15, -0.1) is 0 Å². The van der Waals surface area contributed by atoms with E-state index in [9.17, 15) is 40.6 Å². The van der Waals surface area contributed by atoms with E-state index in [1.807, 2.05) is 0 Å². The van der Waals surface area contributed by atoms with Gasteiger partial charge in [0.2, 0.25) is 0 Å². The van der Waals surface area contributed by atoms with Crippen LogP contribution in [-0.4, -0.2) is 24.0 Å². The normalized spacial score (nSPS) is 13.2. The van der Waals surface area contributed by atoms with Crippen LogP contribution >= 0.6 is 0 Å². The van der Waals surface area contributed by atoms with E-state index in [1.54, 1.807) is 0 Å². The number of carbonyl (C=O) groups is 1. The molecular formula is C6H4CrF7O2+2. The molecule has 93 valence electrons. The van der Waals surface area contributed by atoms with E-state index in [4.69, 9.17) is 0 Å². The Morgan fingerprint density at radius 3 is 1.44 bits per heavy atom. The summed E-state index contributed by atoms with van der Waals surface area (Å²) in [5.41, 5.74) is -5.51. The van der Waals surface area contributed by atoms with E-state index in [1.165, 1.54) is 0 Å². The average Bonchev–Trinajstić information content (AvgIpc) is 1.95. The first-order chi connectivity index (χ1) is 6.42. The fourth-order valence-electron chi connectivity index (χ4n) is 0.718. The smallest absolute Gasteiger partial charge is 0.550 e. The maximum atomic E-state index is 12.6. The van der Waals surface area contributed by atoms with E-state index >= 15 is 0 Å². The topological polar surface area (TPSA) is 40.1 Å². The number of alkyl halides is 7. The molecule has 1 radical (unpaired) electrons. The Bertz CT molecular complexity index is 232. The van der Waals surface area contributed by atoms with Gasteiger partial charge in [-0.1, -0.05) is 0 Å². The molecule has 2 nitrogen and oxygen atoms in total. The summed E-state index contributed by atoms with van der Waals surface area (Å²) in [6.45, 7) is 0. The Balaban J connectivity index is 0. The largest absolute Gasteiger partial charge is 3.00 e. The standard InChI is InChI=1S/C6H5F7O2.Cr/c7-4(5(8,9)10,6(11,12)13)2-1-3(14)15;/h1-2H2,(H,14,15);/q;+3/p-1. The molecule has 0 heterocycles. The number of rotatable bonds is 3. The third-order valence-electron chi connectivity index (χ3n) is 1.57. The number of hydrogen-bond acceptors (Lipinski definition) is 2. The van der Waals surface area contributed by atoms with E-state index in [0.717, 1.165) is 0 Å². The first-order valence-corrected chi connectivity index (χ1v) is 3.44. The second kappa shape index (κ2) is 5.23. The predicted molar refractivity (Wildman–Crippen MR) is 30.2 cm³/mol. The van der Waals surface area contributed by atoms with Gasteiger partial charge in [0.1, 0.15) is 0 Å². The molecule has 0 rings (SSSR count). The first kappa shape index (κ1) is 17.9. The molecule has 0 aliphatic carbocycles. The van der Waals surface area contributed by atoms with Crippen molar-refractivity contribution in [2.75, 3.05) is 0 Å². The van der Waals surface area contributed by atoms with Gasteiger partial charge in [0, 0.05) is 12.4 Å². The molecule has 0 aromatic carbocycles. The van der Waals surface area contributed by atoms with Crippen LogP contribution in [-0.2, 0) is 22.2 Å². The maximum Gasteiger partial charge on any atom is 3.00 e. The zero-order valence-corrected chi connectivity index (χ0v) is 8.56. The van der Waals surface area contributed by atoms with Gasteiger partial charge < -0.3 is 9.90 Å². The molecule has 16 heavy (non-hydrogen) atoms. The average molecular weight is 293 g/mol. The van der Waals surface area contributed by atoms with Crippen molar-refractivity contribution in [2.24, 2.45) is 0 Å².